The number of thiazole rings is 1. The van der Waals surface area contributed by atoms with Gasteiger partial charge in [0.05, 0.1) is 0 Å². The Hall–Kier alpha value is -2.07. The molecule has 1 aliphatic rings. The number of ether oxygens (including phenoxy) is 1. The predicted octanol–water partition coefficient (Wildman–Crippen LogP) is 1.30. The summed E-state index contributed by atoms with van der Waals surface area (Å²) in [6.07, 6.45) is 1.50. The van der Waals surface area contributed by atoms with Crippen LogP contribution in [0.25, 0.3) is 0 Å². The van der Waals surface area contributed by atoms with Crippen LogP contribution in [0.5, 0.6) is 0 Å². The number of aromatic nitrogens is 5. The highest BCUT2D eigenvalue weighted by Gasteiger charge is 2.33. The first-order valence-corrected chi connectivity index (χ1v) is 8.67. The molecule has 1 atom stereocenters. The van der Waals surface area contributed by atoms with Crippen molar-refractivity contribution >= 4 is 17.4 Å². The molecule has 130 valence electrons. The molecule has 0 bridgehead atoms. The van der Waals surface area contributed by atoms with Gasteiger partial charge >= 0.3 is 6.09 Å². The van der Waals surface area contributed by atoms with E-state index in [1.165, 1.54) is 0 Å². The predicted molar refractivity (Wildman–Crippen MR) is 87.5 cm³/mol. The van der Waals surface area contributed by atoms with E-state index in [4.69, 9.17) is 4.74 Å². The number of tetrazole rings is 1. The Morgan fingerprint density at radius 2 is 2.08 bits per heavy atom. The molecule has 0 radical (unpaired) electrons. The average molecular weight is 351 g/mol. The third-order valence-corrected chi connectivity index (χ3v) is 4.45. The Morgan fingerprint density at radius 3 is 2.62 bits per heavy atom. The van der Waals surface area contributed by atoms with Gasteiger partial charge in [-0.3, -0.25) is 4.90 Å². The van der Waals surface area contributed by atoms with Crippen LogP contribution in [0.4, 0.5) is 4.79 Å². The number of nitrogens with one attached hydrogen (secondary N) is 1. The second-order valence-electron chi connectivity index (χ2n) is 6.55. The van der Waals surface area contributed by atoms with Crippen LogP contribution in [0, 0.1) is 0 Å². The smallest absolute Gasteiger partial charge is 0.410 e. The number of H-pyrrole nitrogens is 1. The minimum atomic E-state index is -0.484. The Kier molecular flexibility index (Phi) is 4.76. The molecule has 3 heterocycles. The van der Waals surface area contributed by atoms with Crippen molar-refractivity contribution in [2.75, 3.05) is 26.2 Å². The number of carbonyl (C=O) groups is 1. The van der Waals surface area contributed by atoms with Gasteiger partial charge in [0.1, 0.15) is 16.7 Å². The summed E-state index contributed by atoms with van der Waals surface area (Å²) >= 11 is 1.56. The highest BCUT2D eigenvalue weighted by molar-refractivity contribution is 7.09. The molecular weight excluding hydrogens is 330 g/mol. The normalized spacial score (nSPS) is 17.7. The van der Waals surface area contributed by atoms with Gasteiger partial charge in [-0.2, -0.15) is 5.21 Å². The van der Waals surface area contributed by atoms with Crippen LogP contribution >= 0.6 is 11.3 Å². The van der Waals surface area contributed by atoms with Gasteiger partial charge in [0.25, 0.3) is 0 Å². The molecule has 3 rings (SSSR count). The van der Waals surface area contributed by atoms with E-state index >= 15 is 0 Å². The van der Waals surface area contributed by atoms with Gasteiger partial charge < -0.3 is 9.64 Å². The molecule has 1 saturated heterocycles. The Bertz CT molecular complexity index is 611. The molecule has 2 aromatic heterocycles. The van der Waals surface area contributed by atoms with E-state index in [2.05, 4.69) is 30.5 Å². The van der Waals surface area contributed by atoms with E-state index in [1.807, 2.05) is 26.2 Å². The molecule has 2 aromatic rings. The molecule has 1 fully saturated rings. The number of carbonyl (C=O) groups excluding carboxylic acids is 1. The van der Waals surface area contributed by atoms with Gasteiger partial charge in [0, 0.05) is 37.8 Å². The zero-order chi connectivity index (χ0) is 17.2. The maximum atomic E-state index is 12.2. The second-order valence-corrected chi connectivity index (χ2v) is 7.47. The van der Waals surface area contributed by atoms with Crippen molar-refractivity contribution in [1.82, 2.24) is 35.4 Å². The summed E-state index contributed by atoms with van der Waals surface area (Å²) in [5.41, 5.74) is -0.484. The van der Waals surface area contributed by atoms with E-state index < -0.39 is 5.60 Å². The lowest BCUT2D eigenvalue weighted by molar-refractivity contribution is 0.0116. The van der Waals surface area contributed by atoms with Crippen molar-refractivity contribution in [3.05, 3.63) is 22.4 Å². The van der Waals surface area contributed by atoms with Crippen LogP contribution in [0.1, 0.15) is 37.6 Å². The molecule has 10 heteroatoms. The van der Waals surface area contributed by atoms with Gasteiger partial charge in [0.15, 0.2) is 5.82 Å². The average Bonchev–Trinajstić information content (AvgIpc) is 3.20. The molecule has 1 N–H and O–H groups in total. The van der Waals surface area contributed by atoms with Crippen LogP contribution < -0.4 is 0 Å². The summed E-state index contributed by atoms with van der Waals surface area (Å²) < 4.78 is 5.44. The van der Waals surface area contributed by atoms with Crippen molar-refractivity contribution in [1.29, 1.82) is 0 Å². The van der Waals surface area contributed by atoms with Gasteiger partial charge in [-0.25, -0.2) is 9.78 Å². The maximum Gasteiger partial charge on any atom is 0.410 e. The summed E-state index contributed by atoms with van der Waals surface area (Å²) in [5, 5.41) is 17.3. The molecule has 1 unspecified atom stereocenters. The fourth-order valence-corrected chi connectivity index (χ4v) is 3.34. The number of rotatable bonds is 3. The Balaban J connectivity index is 1.67. The summed E-state index contributed by atoms with van der Waals surface area (Å²) in [5.74, 6) is 0.593. The lowest BCUT2D eigenvalue weighted by Crippen LogP contribution is -2.51. The number of hydrogen-bond acceptors (Lipinski definition) is 8. The number of hydrogen-bond donors (Lipinski definition) is 1. The van der Waals surface area contributed by atoms with Crippen molar-refractivity contribution < 1.29 is 9.53 Å². The Morgan fingerprint density at radius 1 is 1.33 bits per heavy atom. The van der Waals surface area contributed by atoms with E-state index in [-0.39, 0.29) is 12.1 Å². The number of aromatic amines is 1. The molecule has 0 spiro atoms. The third kappa shape index (κ3) is 3.88. The minimum Gasteiger partial charge on any atom is -0.444 e. The van der Waals surface area contributed by atoms with E-state index in [0.717, 1.165) is 5.01 Å². The van der Waals surface area contributed by atoms with Crippen molar-refractivity contribution in [2.24, 2.45) is 0 Å². The van der Waals surface area contributed by atoms with Crippen molar-refractivity contribution in [3.8, 4) is 0 Å². The molecule has 0 saturated carbocycles. The van der Waals surface area contributed by atoms with E-state index in [9.17, 15) is 4.79 Å². The molecule has 0 aliphatic carbocycles. The van der Waals surface area contributed by atoms with Crippen molar-refractivity contribution in [3.63, 3.8) is 0 Å². The lowest BCUT2D eigenvalue weighted by atomic mass is 10.2. The number of amides is 1. The van der Waals surface area contributed by atoms with E-state index in [1.54, 1.807) is 22.4 Å². The van der Waals surface area contributed by atoms with Gasteiger partial charge in [-0.15, -0.1) is 21.5 Å². The van der Waals surface area contributed by atoms with Crippen LogP contribution in [-0.4, -0.2) is 73.3 Å². The number of piperazine rings is 1. The number of nitrogens with zero attached hydrogens (tertiary/aromatic N) is 6. The fraction of sp³-hybridized carbons (Fsp3) is 0.643. The highest BCUT2D eigenvalue weighted by atomic mass is 32.1. The molecule has 1 aliphatic heterocycles. The monoisotopic (exact) mass is 351 g/mol. The quantitative estimate of drug-likeness (QED) is 0.889. The molecule has 9 nitrogen and oxygen atoms in total. The zero-order valence-corrected chi connectivity index (χ0v) is 14.8. The van der Waals surface area contributed by atoms with E-state index in [0.29, 0.717) is 32.0 Å². The van der Waals surface area contributed by atoms with Crippen LogP contribution in [-0.2, 0) is 4.74 Å². The zero-order valence-electron chi connectivity index (χ0n) is 14.0. The van der Waals surface area contributed by atoms with Gasteiger partial charge in [-0.05, 0) is 20.8 Å². The molecular formula is C14H21N7O2S. The third-order valence-electron chi connectivity index (χ3n) is 3.62. The molecule has 0 aromatic carbocycles. The largest absolute Gasteiger partial charge is 0.444 e. The standard InChI is InChI=1S/C14H21N7O2S/c1-14(2,3)23-13(22)21-7-5-20(6-8-21)10(11-16-18-19-17-11)12-15-4-9-24-12/h4,9-10H,5-8H2,1-3H3,(H,16,17,18,19). The SMILES string of the molecule is CC(C)(C)OC(=O)N1CCN(C(c2nn[nH]n2)c2nccs2)CC1. The first-order valence-electron chi connectivity index (χ1n) is 7.79. The maximum absolute atomic E-state index is 12.2. The van der Waals surface area contributed by atoms with Crippen molar-refractivity contribution in [2.45, 2.75) is 32.4 Å². The summed E-state index contributed by atoms with van der Waals surface area (Å²) in [6.45, 7) is 8.18. The topological polar surface area (TPSA) is 100 Å². The van der Waals surface area contributed by atoms with Crippen LogP contribution in [0.15, 0.2) is 11.6 Å². The Labute approximate surface area is 144 Å². The van der Waals surface area contributed by atoms with Crippen LogP contribution in [0.3, 0.4) is 0 Å². The second kappa shape index (κ2) is 6.81. The van der Waals surface area contributed by atoms with Gasteiger partial charge in [0.2, 0.25) is 0 Å². The lowest BCUT2D eigenvalue weighted by Gasteiger charge is -2.37. The highest BCUT2D eigenvalue weighted by Crippen LogP contribution is 2.28. The summed E-state index contributed by atoms with van der Waals surface area (Å²) in [6, 6.07) is -0.149. The summed E-state index contributed by atoms with van der Waals surface area (Å²) in [7, 11) is 0. The minimum absolute atomic E-state index is 0.149. The van der Waals surface area contributed by atoms with Crippen LogP contribution in [0.2, 0.25) is 0 Å². The summed E-state index contributed by atoms with van der Waals surface area (Å²) in [4.78, 5) is 20.5. The first-order chi connectivity index (χ1) is 11.4. The fourth-order valence-electron chi connectivity index (χ4n) is 2.57. The first kappa shape index (κ1) is 16.8. The molecule has 1 amide bonds. The molecule has 24 heavy (non-hydrogen) atoms. The van der Waals surface area contributed by atoms with Gasteiger partial charge in [-0.1, -0.05) is 5.21 Å².